The molecule has 0 unspecified atom stereocenters. The third-order valence-corrected chi connectivity index (χ3v) is 2.26. The maximum Gasteiger partial charge on any atom is 0.0342 e. The molecule has 1 aromatic carbocycles. The van der Waals surface area contributed by atoms with Crippen LogP contribution in [0.5, 0.6) is 0 Å². The van der Waals surface area contributed by atoms with Crippen LogP contribution in [0.25, 0.3) is 10.1 Å². The molecule has 0 fully saturated rings. The van der Waals surface area contributed by atoms with Crippen LogP contribution >= 0.6 is 36.2 Å². The minimum Gasteiger partial charge on any atom is -0.147 e. The normalized spacial score (nSPS) is 7.67. The molecule has 2 aromatic rings. The number of fused-ring (bicyclic) bond motifs is 1. The fourth-order valence-electron chi connectivity index (χ4n) is 0.906. The summed E-state index contributed by atoms with van der Waals surface area (Å²) >= 11 is 1.79. The Hall–Kier alpha value is 0.643. The number of halogens is 2. The average Bonchev–Trinajstić information content (AvgIpc) is 2.33. The number of thiophene rings is 1. The number of benzene rings is 1. The van der Waals surface area contributed by atoms with Crippen molar-refractivity contribution in [1.82, 2.24) is 0 Å². The summed E-state index contributed by atoms with van der Waals surface area (Å²) in [5, 5.41) is 3.47. The zero-order valence-corrected chi connectivity index (χ0v) is 11.1. The Balaban J connectivity index is 0. The van der Waals surface area contributed by atoms with Crippen molar-refractivity contribution >= 4 is 46.2 Å². The summed E-state index contributed by atoms with van der Waals surface area (Å²) in [5.41, 5.74) is 0. The van der Waals surface area contributed by atoms with Gasteiger partial charge in [0, 0.05) is 30.9 Å². The molecule has 0 saturated heterocycles. The SMILES string of the molecule is Cl.Cl.[Zr].c1ccc2sccc2c1. The van der Waals surface area contributed by atoms with E-state index < -0.39 is 0 Å². The smallest absolute Gasteiger partial charge is 0.0342 e. The Bertz CT molecular complexity index is 291. The van der Waals surface area contributed by atoms with Gasteiger partial charge < -0.3 is 0 Å². The Morgan fingerprint density at radius 1 is 0.917 bits per heavy atom. The fourth-order valence-corrected chi connectivity index (χ4v) is 1.70. The van der Waals surface area contributed by atoms with E-state index in [1.807, 2.05) is 0 Å². The Morgan fingerprint density at radius 3 is 2.25 bits per heavy atom. The molecule has 0 atom stereocenters. The quantitative estimate of drug-likeness (QED) is 0.695. The summed E-state index contributed by atoms with van der Waals surface area (Å²) < 4.78 is 1.37. The summed E-state index contributed by atoms with van der Waals surface area (Å²) in [5.74, 6) is 0. The van der Waals surface area contributed by atoms with Gasteiger partial charge >= 0.3 is 0 Å². The van der Waals surface area contributed by atoms with Crippen LogP contribution < -0.4 is 0 Å². The molecular weight excluding hydrogens is 290 g/mol. The molecular formula is C8H8Cl2SZr. The van der Waals surface area contributed by atoms with Gasteiger partial charge in [0.15, 0.2) is 0 Å². The molecule has 0 nitrogen and oxygen atoms in total. The number of rotatable bonds is 0. The van der Waals surface area contributed by atoms with Crippen molar-refractivity contribution in [2.45, 2.75) is 0 Å². The zero-order valence-electron chi connectivity index (χ0n) is 6.19. The van der Waals surface area contributed by atoms with Crippen LogP contribution in [-0.2, 0) is 26.2 Å². The molecule has 0 saturated carbocycles. The largest absolute Gasteiger partial charge is 0.147 e. The molecule has 0 radical (unpaired) electrons. The van der Waals surface area contributed by atoms with Crippen LogP contribution in [-0.4, -0.2) is 0 Å². The van der Waals surface area contributed by atoms with E-state index in [4.69, 9.17) is 0 Å². The monoisotopic (exact) mass is 296 g/mol. The second-order valence-electron chi connectivity index (χ2n) is 1.96. The van der Waals surface area contributed by atoms with Gasteiger partial charge in [0.05, 0.1) is 0 Å². The van der Waals surface area contributed by atoms with E-state index in [9.17, 15) is 0 Å². The maximum atomic E-state index is 2.14. The van der Waals surface area contributed by atoms with Gasteiger partial charge in [-0.2, -0.15) is 0 Å². The van der Waals surface area contributed by atoms with Crippen molar-refractivity contribution in [2.24, 2.45) is 0 Å². The van der Waals surface area contributed by atoms with Crippen molar-refractivity contribution in [3.8, 4) is 0 Å². The summed E-state index contributed by atoms with van der Waals surface area (Å²) in [7, 11) is 0. The minimum absolute atomic E-state index is 0. The van der Waals surface area contributed by atoms with Gasteiger partial charge in [-0.25, -0.2) is 0 Å². The topological polar surface area (TPSA) is 0 Å². The standard InChI is InChI=1S/C8H6S.2ClH.Zr/c1-2-4-8-7(3-1)5-6-9-8;;;/h1-6H;2*1H;. The van der Waals surface area contributed by atoms with Gasteiger partial charge in [-0.3, -0.25) is 0 Å². The van der Waals surface area contributed by atoms with Crippen LogP contribution in [0, 0.1) is 0 Å². The van der Waals surface area contributed by atoms with Crippen molar-refractivity contribution < 1.29 is 26.2 Å². The number of hydrogen-bond acceptors (Lipinski definition) is 1. The molecule has 12 heavy (non-hydrogen) atoms. The minimum atomic E-state index is 0. The summed E-state index contributed by atoms with van der Waals surface area (Å²) in [6.45, 7) is 0. The van der Waals surface area contributed by atoms with Gasteiger partial charge in [0.1, 0.15) is 0 Å². The third-order valence-electron chi connectivity index (χ3n) is 1.36. The molecule has 4 heteroatoms. The summed E-state index contributed by atoms with van der Waals surface area (Å²) in [4.78, 5) is 0. The number of hydrogen-bond donors (Lipinski definition) is 0. The fraction of sp³-hybridized carbons (Fsp3) is 0. The van der Waals surface area contributed by atoms with E-state index in [-0.39, 0.29) is 51.0 Å². The van der Waals surface area contributed by atoms with Crippen LogP contribution in [0.4, 0.5) is 0 Å². The first-order valence-corrected chi connectivity index (χ1v) is 3.77. The van der Waals surface area contributed by atoms with Crippen LogP contribution in [0.15, 0.2) is 35.7 Å². The molecule has 0 amide bonds. The molecule has 0 aliphatic heterocycles. The summed E-state index contributed by atoms with van der Waals surface area (Å²) in [6.07, 6.45) is 0. The second-order valence-corrected chi connectivity index (χ2v) is 2.91. The van der Waals surface area contributed by atoms with E-state index >= 15 is 0 Å². The molecule has 0 aliphatic carbocycles. The van der Waals surface area contributed by atoms with E-state index in [0.29, 0.717) is 0 Å². The first kappa shape index (κ1) is 15.1. The van der Waals surface area contributed by atoms with Gasteiger partial charge in [-0.15, -0.1) is 36.2 Å². The van der Waals surface area contributed by atoms with Gasteiger partial charge in [-0.05, 0) is 22.9 Å². The van der Waals surface area contributed by atoms with Crippen molar-refractivity contribution in [2.75, 3.05) is 0 Å². The van der Waals surface area contributed by atoms with Crippen LogP contribution in [0.1, 0.15) is 0 Å². The van der Waals surface area contributed by atoms with Crippen molar-refractivity contribution in [1.29, 1.82) is 0 Å². The van der Waals surface area contributed by atoms with E-state index in [0.717, 1.165) is 0 Å². The van der Waals surface area contributed by atoms with E-state index in [2.05, 4.69) is 35.7 Å². The molecule has 0 bridgehead atoms. The predicted octanol–water partition coefficient (Wildman–Crippen LogP) is 3.74. The van der Waals surface area contributed by atoms with Crippen LogP contribution in [0.3, 0.4) is 0 Å². The molecule has 0 aliphatic rings. The summed E-state index contributed by atoms with van der Waals surface area (Å²) in [6, 6.07) is 10.5. The Kier molecular flexibility index (Phi) is 8.93. The first-order valence-electron chi connectivity index (χ1n) is 2.89. The molecule has 0 spiro atoms. The third kappa shape index (κ3) is 3.18. The van der Waals surface area contributed by atoms with Crippen molar-refractivity contribution in [3.05, 3.63) is 35.7 Å². The molecule has 1 aromatic heterocycles. The van der Waals surface area contributed by atoms with E-state index in [1.165, 1.54) is 10.1 Å². The molecule has 0 N–H and O–H groups in total. The maximum absolute atomic E-state index is 2.14. The van der Waals surface area contributed by atoms with Gasteiger partial charge in [0.2, 0.25) is 0 Å². The molecule has 1 heterocycles. The molecule has 2 rings (SSSR count). The van der Waals surface area contributed by atoms with Crippen LogP contribution in [0.2, 0.25) is 0 Å². The van der Waals surface area contributed by atoms with E-state index in [1.54, 1.807) is 11.3 Å². The Morgan fingerprint density at radius 2 is 1.58 bits per heavy atom. The molecule has 64 valence electrons. The van der Waals surface area contributed by atoms with Gasteiger partial charge in [-0.1, -0.05) is 18.2 Å². The second kappa shape index (κ2) is 7.09. The Labute approximate surface area is 107 Å². The van der Waals surface area contributed by atoms with Gasteiger partial charge in [0.25, 0.3) is 0 Å². The first-order chi connectivity index (χ1) is 4.47. The predicted molar refractivity (Wildman–Crippen MR) is 56.3 cm³/mol. The van der Waals surface area contributed by atoms with Crippen molar-refractivity contribution in [3.63, 3.8) is 0 Å². The average molecular weight is 298 g/mol. The zero-order chi connectivity index (χ0) is 6.10.